The van der Waals surface area contributed by atoms with E-state index >= 15 is 0 Å². The average Bonchev–Trinajstić information content (AvgIpc) is 3.36. The Bertz CT molecular complexity index is 819. The van der Waals surface area contributed by atoms with E-state index in [0.29, 0.717) is 6.04 Å². The van der Waals surface area contributed by atoms with Crippen LogP contribution in [0.15, 0.2) is 54.6 Å². The summed E-state index contributed by atoms with van der Waals surface area (Å²) in [7, 11) is 1.94. The second kappa shape index (κ2) is 8.97. The van der Waals surface area contributed by atoms with E-state index in [9.17, 15) is 14.9 Å². The maximum atomic E-state index is 11.8. The molecule has 1 amide bonds. The molecule has 0 radical (unpaired) electrons. The van der Waals surface area contributed by atoms with Gasteiger partial charge >= 0.3 is 0 Å². The summed E-state index contributed by atoms with van der Waals surface area (Å²) in [4.78, 5) is 25.9. The highest BCUT2D eigenvalue weighted by Crippen LogP contribution is 2.39. The van der Waals surface area contributed by atoms with Crippen LogP contribution in [0.4, 0.5) is 5.69 Å². The normalized spacial score (nSPS) is 20.8. The molecule has 1 saturated heterocycles. The monoisotopic (exact) mass is 381 g/mol. The number of rotatable bonds is 3. The number of likely N-dealkylation sites (N-methyl/N-ethyl adjacent to an activating group) is 1. The Morgan fingerprint density at radius 2 is 1.68 bits per heavy atom. The average molecular weight is 381 g/mol. The third-order valence-corrected chi connectivity index (χ3v) is 5.66. The number of carbonyl (C=O) groups excluding carboxylic acids is 1. The summed E-state index contributed by atoms with van der Waals surface area (Å²) >= 11 is 0. The number of para-hydroxylation sites is 1. The molecule has 2 aliphatic rings. The minimum Gasteiger partial charge on any atom is -0.337 e. The van der Waals surface area contributed by atoms with Crippen LogP contribution in [0.25, 0.3) is 0 Å². The SMILES string of the molecule is CC(=O)N(C)[C@H]1c2ccccc2C[C@@H]1N1CCCC1.O=[N+]([O-])c1ccccc1. The van der Waals surface area contributed by atoms with Crippen molar-refractivity contribution in [2.45, 2.75) is 38.3 Å². The number of fused-ring (bicyclic) bond motifs is 1. The molecule has 1 heterocycles. The molecule has 2 aromatic rings. The van der Waals surface area contributed by atoms with Gasteiger partial charge in [0.15, 0.2) is 0 Å². The summed E-state index contributed by atoms with van der Waals surface area (Å²) in [5.41, 5.74) is 2.90. The Morgan fingerprint density at radius 1 is 1.07 bits per heavy atom. The van der Waals surface area contributed by atoms with Gasteiger partial charge in [0.2, 0.25) is 5.91 Å². The van der Waals surface area contributed by atoms with Crippen molar-refractivity contribution in [1.82, 2.24) is 9.80 Å². The number of nitrogens with zero attached hydrogens (tertiary/aromatic N) is 3. The van der Waals surface area contributed by atoms with Gasteiger partial charge in [-0.2, -0.15) is 0 Å². The summed E-state index contributed by atoms with van der Waals surface area (Å²) in [6, 6.07) is 17.2. The van der Waals surface area contributed by atoms with Gasteiger partial charge in [0.1, 0.15) is 0 Å². The highest BCUT2D eigenvalue weighted by molar-refractivity contribution is 5.74. The third-order valence-electron chi connectivity index (χ3n) is 5.66. The standard InChI is InChI=1S/C16H22N2O.C6H5NO2/c1-12(19)17(2)16-14-8-4-3-7-13(14)11-15(16)18-9-5-6-10-18;8-7(9)6-4-2-1-3-5-6/h3-4,7-8,15-16H,5-6,9-11H2,1-2H3;1-5H/t15-,16-;/m0./s1. The van der Waals surface area contributed by atoms with Crippen LogP contribution in [0.3, 0.4) is 0 Å². The number of carbonyl (C=O) groups is 1. The molecule has 0 aromatic heterocycles. The number of amides is 1. The first-order valence-electron chi connectivity index (χ1n) is 9.73. The smallest absolute Gasteiger partial charge is 0.269 e. The number of hydrogen-bond donors (Lipinski definition) is 0. The van der Waals surface area contributed by atoms with Gasteiger partial charge in [0.25, 0.3) is 5.69 Å². The van der Waals surface area contributed by atoms with E-state index in [-0.39, 0.29) is 17.6 Å². The maximum Gasteiger partial charge on any atom is 0.269 e. The predicted octanol–water partition coefficient (Wildman–Crippen LogP) is 3.82. The van der Waals surface area contributed by atoms with Gasteiger partial charge in [0.05, 0.1) is 11.0 Å². The molecule has 0 N–H and O–H groups in total. The molecule has 1 aliphatic carbocycles. The molecule has 0 spiro atoms. The van der Waals surface area contributed by atoms with Gasteiger partial charge in [-0.05, 0) is 43.5 Å². The van der Waals surface area contributed by atoms with E-state index in [0.717, 1.165) is 6.42 Å². The number of likely N-dealkylation sites (tertiary alicyclic amines) is 1. The Kier molecular flexibility index (Phi) is 6.41. The summed E-state index contributed by atoms with van der Waals surface area (Å²) in [5, 5.41) is 10.0. The van der Waals surface area contributed by atoms with Crippen molar-refractivity contribution in [1.29, 1.82) is 0 Å². The minimum absolute atomic E-state index is 0.137. The minimum atomic E-state index is -0.417. The van der Waals surface area contributed by atoms with Crippen molar-refractivity contribution in [2.75, 3.05) is 20.1 Å². The van der Waals surface area contributed by atoms with Crippen molar-refractivity contribution < 1.29 is 9.72 Å². The predicted molar refractivity (Wildman–Crippen MR) is 109 cm³/mol. The van der Waals surface area contributed by atoms with Gasteiger partial charge in [-0.1, -0.05) is 42.5 Å². The molecular weight excluding hydrogens is 354 g/mol. The highest BCUT2D eigenvalue weighted by Gasteiger charge is 2.39. The number of nitro benzene ring substituents is 1. The molecule has 6 nitrogen and oxygen atoms in total. The molecule has 0 bridgehead atoms. The van der Waals surface area contributed by atoms with Gasteiger partial charge in [-0.25, -0.2) is 0 Å². The maximum absolute atomic E-state index is 11.8. The van der Waals surface area contributed by atoms with Crippen molar-refractivity contribution in [3.63, 3.8) is 0 Å². The molecule has 1 fully saturated rings. The van der Waals surface area contributed by atoms with Crippen LogP contribution in [-0.4, -0.2) is 46.8 Å². The van der Waals surface area contributed by atoms with E-state index < -0.39 is 4.92 Å². The molecule has 28 heavy (non-hydrogen) atoms. The first-order chi connectivity index (χ1) is 13.5. The van der Waals surface area contributed by atoms with Gasteiger partial charge < -0.3 is 4.90 Å². The summed E-state index contributed by atoms with van der Waals surface area (Å²) < 4.78 is 0. The fourth-order valence-corrected chi connectivity index (χ4v) is 4.17. The van der Waals surface area contributed by atoms with Crippen LogP contribution in [0.1, 0.15) is 36.9 Å². The number of benzene rings is 2. The lowest BCUT2D eigenvalue weighted by molar-refractivity contribution is -0.384. The number of non-ortho nitro benzene ring substituents is 1. The Labute approximate surface area is 165 Å². The number of hydrogen-bond acceptors (Lipinski definition) is 4. The molecule has 0 saturated carbocycles. The fraction of sp³-hybridized carbons (Fsp3) is 0.409. The zero-order valence-corrected chi connectivity index (χ0v) is 16.5. The van der Waals surface area contributed by atoms with Crippen LogP contribution in [-0.2, 0) is 11.2 Å². The van der Waals surface area contributed by atoms with Crippen LogP contribution < -0.4 is 0 Å². The van der Waals surface area contributed by atoms with Crippen LogP contribution >= 0.6 is 0 Å². The summed E-state index contributed by atoms with van der Waals surface area (Å²) in [6.45, 7) is 4.03. The van der Waals surface area contributed by atoms with Gasteiger partial charge in [-0.15, -0.1) is 0 Å². The quantitative estimate of drug-likeness (QED) is 0.599. The van der Waals surface area contributed by atoms with Crippen molar-refractivity contribution >= 4 is 11.6 Å². The van der Waals surface area contributed by atoms with E-state index in [2.05, 4.69) is 29.2 Å². The molecule has 1 aliphatic heterocycles. The van der Waals surface area contributed by atoms with E-state index in [1.807, 2.05) is 11.9 Å². The number of nitro groups is 1. The van der Waals surface area contributed by atoms with Crippen LogP contribution in [0.2, 0.25) is 0 Å². The topological polar surface area (TPSA) is 66.7 Å². The lowest BCUT2D eigenvalue weighted by Crippen LogP contribution is -2.43. The first kappa shape index (κ1) is 20.0. The van der Waals surface area contributed by atoms with Gasteiger partial charge in [-0.3, -0.25) is 19.8 Å². The highest BCUT2D eigenvalue weighted by atomic mass is 16.6. The second-order valence-electron chi connectivity index (χ2n) is 7.38. The van der Waals surface area contributed by atoms with Crippen molar-refractivity contribution in [3.8, 4) is 0 Å². The zero-order valence-electron chi connectivity index (χ0n) is 16.5. The Morgan fingerprint density at radius 3 is 2.25 bits per heavy atom. The Balaban J connectivity index is 0.000000211. The van der Waals surface area contributed by atoms with E-state index in [1.165, 1.54) is 49.2 Å². The summed E-state index contributed by atoms with van der Waals surface area (Å²) in [5.74, 6) is 0.158. The molecular formula is C22H27N3O3. The lowest BCUT2D eigenvalue weighted by Gasteiger charge is -2.35. The van der Waals surface area contributed by atoms with E-state index in [4.69, 9.17) is 0 Å². The molecule has 148 valence electrons. The molecule has 4 rings (SSSR count). The van der Waals surface area contributed by atoms with Crippen LogP contribution in [0.5, 0.6) is 0 Å². The van der Waals surface area contributed by atoms with Crippen molar-refractivity contribution in [3.05, 3.63) is 75.8 Å². The summed E-state index contributed by atoms with van der Waals surface area (Å²) in [6.07, 6.45) is 3.67. The lowest BCUT2D eigenvalue weighted by atomic mass is 10.0. The molecule has 2 atom stereocenters. The molecule has 6 heteroatoms. The third kappa shape index (κ3) is 4.39. The van der Waals surface area contributed by atoms with Crippen LogP contribution in [0, 0.1) is 10.1 Å². The molecule has 2 aromatic carbocycles. The Hall–Kier alpha value is -2.73. The van der Waals surface area contributed by atoms with E-state index in [1.54, 1.807) is 25.1 Å². The second-order valence-corrected chi connectivity index (χ2v) is 7.38. The first-order valence-corrected chi connectivity index (χ1v) is 9.73. The fourth-order valence-electron chi connectivity index (χ4n) is 4.17. The largest absolute Gasteiger partial charge is 0.337 e. The zero-order chi connectivity index (χ0) is 20.1. The van der Waals surface area contributed by atoms with Gasteiger partial charge in [0, 0.05) is 32.1 Å². The molecule has 0 unspecified atom stereocenters. The van der Waals surface area contributed by atoms with Crippen molar-refractivity contribution in [2.24, 2.45) is 0 Å².